The fraction of sp³-hybridized carbons (Fsp3) is 0.235. The molecule has 0 fully saturated rings. The van der Waals surface area contributed by atoms with E-state index in [-0.39, 0.29) is 0 Å². The molecule has 1 heterocycles. The summed E-state index contributed by atoms with van der Waals surface area (Å²) in [5.41, 5.74) is 8.95. The molecule has 0 saturated heterocycles. The van der Waals surface area contributed by atoms with E-state index in [1.165, 1.54) is 0 Å². The van der Waals surface area contributed by atoms with Crippen molar-refractivity contribution in [1.82, 2.24) is 0 Å². The van der Waals surface area contributed by atoms with Crippen LogP contribution >= 0.6 is 0 Å². The molecule has 0 aliphatic heterocycles. The first kappa shape index (κ1) is 13.6. The van der Waals surface area contributed by atoms with Gasteiger partial charge in [0.2, 0.25) is 0 Å². The van der Waals surface area contributed by atoms with Crippen molar-refractivity contribution in [3.05, 3.63) is 47.5 Å². The maximum atomic E-state index is 11.3. The van der Waals surface area contributed by atoms with Gasteiger partial charge in [-0.05, 0) is 31.5 Å². The van der Waals surface area contributed by atoms with Crippen molar-refractivity contribution < 1.29 is 14.3 Å². The van der Waals surface area contributed by atoms with Crippen LogP contribution in [0.3, 0.4) is 0 Å². The number of fused-ring (bicyclic) bond motifs is 3. The fourth-order valence-electron chi connectivity index (χ4n) is 2.78. The number of carbonyl (C=O) groups is 1. The Labute approximate surface area is 122 Å². The molecule has 1 unspecified atom stereocenters. The molecule has 21 heavy (non-hydrogen) atoms. The van der Waals surface area contributed by atoms with E-state index in [9.17, 15) is 9.90 Å². The molecule has 0 radical (unpaired) electrons. The predicted molar refractivity (Wildman–Crippen MR) is 82.5 cm³/mol. The predicted octanol–water partition coefficient (Wildman–Crippen LogP) is 3.28. The standard InChI is InChI=1S/C17H17NO3/c1-10(17(19)20)12-5-3-6-13-15-11(8-9-18)4-2-7-14(15)21-16(12)13/h2-7,10H,8-9,18H2,1H3,(H,19,20). The first-order valence-corrected chi connectivity index (χ1v) is 6.99. The highest BCUT2D eigenvalue weighted by molar-refractivity contribution is 6.08. The number of rotatable bonds is 4. The van der Waals surface area contributed by atoms with Crippen molar-refractivity contribution in [2.45, 2.75) is 19.3 Å². The summed E-state index contributed by atoms with van der Waals surface area (Å²) in [6.45, 7) is 2.24. The molecule has 4 nitrogen and oxygen atoms in total. The van der Waals surface area contributed by atoms with Gasteiger partial charge in [0.1, 0.15) is 11.2 Å². The molecule has 0 aliphatic rings. The average Bonchev–Trinajstić information content (AvgIpc) is 2.86. The van der Waals surface area contributed by atoms with Gasteiger partial charge in [-0.1, -0.05) is 30.3 Å². The Morgan fingerprint density at radius 2 is 2.05 bits per heavy atom. The summed E-state index contributed by atoms with van der Waals surface area (Å²) in [6.07, 6.45) is 0.769. The third-order valence-electron chi connectivity index (χ3n) is 3.89. The minimum Gasteiger partial charge on any atom is -0.481 e. The Hall–Kier alpha value is -2.33. The number of para-hydroxylation sites is 1. The summed E-state index contributed by atoms with van der Waals surface area (Å²) in [5.74, 6) is -1.46. The van der Waals surface area contributed by atoms with Gasteiger partial charge in [0.05, 0.1) is 5.92 Å². The molecule has 2 aromatic carbocycles. The lowest BCUT2D eigenvalue weighted by Crippen LogP contribution is -2.07. The average molecular weight is 283 g/mol. The molecule has 3 aromatic rings. The Bertz CT molecular complexity index is 819. The van der Waals surface area contributed by atoms with Gasteiger partial charge in [0, 0.05) is 16.3 Å². The molecule has 3 N–H and O–H groups in total. The first-order valence-electron chi connectivity index (χ1n) is 6.99. The maximum absolute atomic E-state index is 11.3. The maximum Gasteiger partial charge on any atom is 0.310 e. The smallest absolute Gasteiger partial charge is 0.310 e. The highest BCUT2D eigenvalue weighted by atomic mass is 16.4. The van der Waals surface area contributed by atoms with Gasteiger partial charge in [-0.15, -0.1) is 0 Å². The Balaban J connectivity index is 2.34. The second-order valence-electron chi connectivity index (χ2n) is 5.21. The molecule has 0 bridgehead atoms. The molecule has 0 aliphatic carbocycles. The lowest BCUT2D eigenvalue weighted by molar-refractivity contribution is -0.138. The van der Waals surface area contributed by atoms with Crippen molar-refractivity contribution in [2.24, 2.45) is 5.73 Å². The molecule has 0 amide bonds. The van der Waals surface area contributed by atoms with E-state index in [0.29, 0.717) is 17.7 Å². The van der Waals surface area contributed by atoms with E-state index < -0.39 is 11.9 Å². The minimum atomic E-state index is -0.856. The van der Waals surface area contributed by atoms with Gasteiger partial charge in [-0.2, -0.15) is 0 Å². The van der Waals surface area contributed by atoms with Crippen LogP contribution in [0.2, 0.25) is 0 Å². The van der Waals surface area contributed by atoms with Crippen molar-refractivity contribution >= 4 is 27.9 Å². The molecule has 1 atom stereocenters. The summed E-state index contributed by atoms with van der Waals surface area (Å²) in [6, 6.07) is 11.6. The van der Waals surface area contributed by atoms with Gasteiger partial charge in [-0.3, -0.25) is 4.79 Å². The summed E-state index contributed by atoms with van der Waals surface area (Å²) in [4.78, 5) is 11.3. The number of carboxylic acid groups (broad SMARTS) is 1. The van der Waals surface area contributed by atoms with E-state index >= 15 is 0 Å². The second kappa shape index (κ2) is 5.22. The van der Waals surface area contributed by atoms with Crippen LogP contribution in [-0.4, -0.2) is 17.6 Å². The van der Waals surface area contributed by atoms with Crippen molar-refractivity contribution in [1.29, 1.82) is 0 Å². The number of hydrogen-bond donors (Lipinski definition) is 2. The van der Waals surface area contributed by atoms with Gasteiger partial charge in [0.15, 0.2) is 0 Å². The van der Waals surface area contributed by atoms with E-state index in [2.05, 4.69) is 0 Å². The Kier molecular flexibility index (Phi) is 3.39. The van der Waals surface area contributed by atoms with E-state index in [1.807, 2.05) is 36.4 Å². The zero-order chi connectivity index (χ0) is 15.0. The normalized spacial score (nSPS) is 12.9. The number of nitrogens with two attached hydrogens (primary N) is 1. The van der Waals surface area contributed by atoms with Crippen LogP contribution in [0, 0.1) is 0 Å². The zero-order valence-electron chi connectivity index (χ0n) is 11.8. The van der Waals surface area contributed by atoms with Gasteiger partial charge in [0.25, 0.3) is 0 Å². The quantitative estimate of drug-likeness (QED) is 0.770. The zero-order valence-corrected chi connectivity index (χ0v) is 11.8. The highest BCUT2D eigenvalue weighted by Crippen LogP contribution is 2.35. The molecule has 108 valence electrons. The summed E-state index contributed by atoms with van der Waals surface area (Å²) < 4.78 is 5.94. The van der Waals surface area contributed by atoms with Gasteiger partial charge >= 0.3 is 5.97 Å². The van der Waals surface area contributed by atoms with Crippen LogP contribution in [0.25, 0.3) is 21.9 Å². The van der Waals surface area contributed by atoms with Crippen LogP contribution in [0.15, 0.2) is 40.8 Å². The molecule has 0 spiro atoms. The van der Waals surface area contributed by atoms with E-state index in [1.54, 1.807) is 6.92 Å². The molecule has 1 aromatic heterocycles. The monoisotopic (exact) mass is 283 g/mol. The fourth-order valence-corrected chi connectivity index (χ4v) is 2.78. The lowest BCUT2D eigenvalue weighted by Gasteiger charge is -2.06. The number of aliphatic carboxylic acids is 1. The van der Waals surface area contributed by atoms with Crippen molar-refractivity contribution in [2.75, 3.05) is 6.54 Å². The van der Waals surface area contributed by atoms with Crippen LogP contribution in [0.1, 0.15) is 24.0 Å². The van der Waals surface area contributed by atoms with Crippen molar-refractivity contribution in [3.8, 4) is 0 Å². The Morgan fingerprint density at radius 3 is 2.76 bits per heavy atom. The van der Waals surface area contributed by atoms with Crippen molar-refractivity contribution in [3.63, 3.8) is 0 Å². The summed E-state index contributed by atoms with van der Waals surface area (Å²) in [5, 5.41) is 11.2. The molecule has 4 heteroatoms. The topological polar surface area (TPSA) is 76.5 Å². The molecular weight excluding hydrogens is 266 g/mol. The molecular formula is C17H17NO3. The lowest BCUT2D eigenvalue weighted by atomic mass is 9.97. The van der Waals surface area contributed by atoms with Crippen LogP contribution < -0.4 is 5.73 Å². The van der Waals surface area contributed by atoms with Gasteiger partial charge in [-0.25, -0.2) is 0 Å². The number of furan rings is 1. The summed E-state index contributed by atoms with van der Waals surface area (Å²) in [7, 11) is 0. The SMILES string of the molecule is CC(C(=O)O)c1cccc2c1oc1cccc(CCN)c12. The summed E-state index contributed by atoms with van der Waals surface area (Å²) >= 11 is 0. The van der Waals surface area contributed by atoms with Crippen LogP contribution in [0.5, 0.6) is 0 Å². The number of hydrogen-bond acceptors (Lipinski definition) is 3. The van der Waals surface area contributed by atoms with E-state index in [4.69, 9.17) is 10.2 Å². The Morgan fingerprint density at radius 1 is 1.29 bits per heavy atom. The molecule has 0 saturated carbocycles. The third kappa shape index (κ3) is 2.17. The van der Waals surface area contributed by atoms with Crippen LogP contribution in [-0.2, 0) is 11.2 Å². The minimum absolute atomic E-state index is 0.566. The molecule has 3 rings (SSSR count). The number of carboxylic acids is 1. The first-order chi connectivity index (χ1) is 10.1. The third-order valence-corrected chi connectivity index (χ3v) is 3.89. The second-order valence-corrected chi connectivity index (χ2v) is 5.21. The number of benzene rings is 2. The van der Waals surface area contributed by atoms with Gasteiger partial charge < -0.3 is 15.3 Å². The van der Waals surface area contributed by atoms with Crippen LogP contribution in [0.4, 0.5) is 0 Å². The van der Waals surface area contributed by atoms with E-state index in [0.717, 1.165) is 28.3 Å². The highest BCUT2D eigenvalue weighted by Gasteiger charge is 2.20. The largest absolute Gasteiger partial charge is 0.481 e.